The molecule has 0 aliphatic carbocycles. The number of nitrogens with zero attached hydrogens (tertiary/aromatic N) is 3. The van der Waals surface area contributed by atoms with E-state index in [4.69, 9.17) is 4.74 Å². The topological polar surface area (TPSA) is 79.4 Å². The van der Waals surface area contributed by atoms with Crippen LogP contribution in [0.5, 0.6) is 5.88 Å². The first kappa shape index (κ1) is 17.2. The smallest absolute Gasteiger partial charge is 0.319 e. The van der Waals surface area contributed by atoms with E-state index < -0.39 is 0 Å². The molecule has 0 spiro atoms. The molecule has 1 fully saturated rings. The molecule has 2 N–H and O–H groups in total. The van der Waals surface area contributed by atoms with Crippen molar-refractivity contribution >= 4 is 11.7 Å². The molecule has 0 unspecified atom stereocenters. The monoisotopic (exact) mass is 341 g/mol. The van der Waals surface area contributed by atoms with Crippen LogP contribution in [0, 0.1) is 0 Å². The molecule has 0 bridgehead atoms. The molecule has 2 aromatic heterocycles. The minimum atomic E-state index is -0.195. The molecule has 1 saturated heterocycles. The molecule has 7 heteroatoms. The van der Waals surface area contributed by atoms with E-state index in [1.807, 2.05) is 24.5 Å². The second-order valence-electron chi connectivity index (χ2n) is 6.09. The summed E-state index contributed by atoms with van der Waals surface area (Å²) in [6, 6.07) is 7.57. The Hall–Kier alpha value is -2.67. The number of hydrogen-bond acceptors (Lipinski definition) is 5. The van der Waals surface area contributed by atoms with Crippen LogP contribution in [-0.4, -0.2) is 47.1 Å². The molecule has 1 aliphatic rings. The van der Waals surface area contributed by atoms with Crippen molar-refractivity contribution in [2.24, 2.45) is 0 Å². The van der Waals surface area contributed by atoms with E-state index in [1.54, 1.807) is 25.4 Å². The van der Waals surface area contributed by atoms with Gasteiger partial charge in [-0.3, -0.25) is 9.88 Å². The van der Waals surface area contributed by atoms with Crippen molar-refractivity contribution in [2.45, 2.75) is 25.4 Å². The summed E-state index contributed by atoms with van der Waals surface area (Å²) in [5.41, 5.74) is 1.92. The van der Waals surface area contributed by atoms with E-state index in [1.165, 1.54) is 5.56 Å². The maximum absolute atomic E-state index is 12.1. The lowest BCUT2D eigenvalue weighted by Gasteiger charge is -2.32. The van der Waals surface area contributed by atoms with E-state index >= 15 is 0 Å². The molecular formula is C18H23N5O2. The number of ether oxygens (including phenoxy) is 1. The summed E-state index contributed by atoms with van der Waals surface area (Å²) in [6.07, 6.45) is 7.11. The minimum absolute atomic E-state index is 0.194. The summed E-state index contributed by atoms with van der Waals surface area (Å²) in [5.74, 6) is 0.521. The second kappa shape index (κ2) is 8.43. The molecule has 0 radical (unpaired) electrons. The Labute approximate surface area is 147 Å². The largest absolute Gasteiger partial charge is 0.481 e. The fourth-order valence-corrected chi connectivity index (χ4v) is 2.91. The average Bonchev–Trinajstić information content (AvgIpc) is 2.65. The number of piperidine rings is 1. The van der Waals surface area contributed by atoms with E-state index in [-0.39, 0.29) is 12.1 Å². The molecule has 132 valence electrons. The predicted molar refractivity (Wildman–Crippen MR) is 95.5 cm³/mol. The van der Waals surface area contributed by atoms with Gasteiger partial charge in [0.15, 0.2) is 0 Å². The summed E-state index contributed by atoms with van der Waals surface area (Å²) in [6.45, 7) is 2.87. The Kier molecular flexibility index (Phi) is 5.79. The number of pyridine rings is 2. The first-order valence-corrected chi connectivity index (χ1v) is 8.42. The van der Waals surface area contributed by atoms with Crippen molar-refractivity contribution in [3.05, 3.63) is 48.4 Å². The molecule has 3 rings (SSSR count). The van der Waals surface area contributed by atoms with Gasteiger partial charge in [0, 0.05) is 44.1 Å². The van der Waals surface area contributed by atoms with Crippen LogP contribution in [0.4, 0.5) is 10.5 Å². The van der Waals surface area contributed by atoms with Crippen molar-refractivity contribution in [3.8, 4) is 5.88 Å². The molecule has 3 heterocycles. The Morgan fingerprint density at radius 1 is 1.24 bits per heavy atom. The van der Waals surface area contributed by atoms with Gasteiger partial charge in [-0.25, -0.2) is 9.78 Å². The summed E-state index contributed by atoms with van der Waals surface area (Å²) in [5, 5.41) is 5.84. The lowest BCUT2D eigenvalue weighted by atomic mass is 10.0. The zero-order valence-electron chi connectivity index (χ0n) is 14.3. The highest BCUT2D eigenvalue weighted by Crippen LogP contribution is 2.14. The van der Waals surface area contributed by atoms with Gasteiger partial charge in [-0.15, -0.1) is 0 Å². The van der Waals surface area contributed by atoms with E-state index in [2.05, 4.69) is 25.5 Å². The highest BCUT2D eigenvalue weighted by molar-refractivity contribution is 5.89. The number of rotatable bonds is 5. The van der Waals surface area contributed by atoms with Crippen molar-refractivity contribution in [1.82, 2.24) is 20.2 Å². The highest BCUT2D eigenvalue weighted by Gasteiger charge is 2.20. The molecule has 7 nitrogen and oxygen atoms in total. The van der Waals surface area contributed by atoms with Gasteiger partial charge in [-0.1, -0.05) is 0 Å². The molecule has 1 aliphatic heterocycles. The standard InChI is InChI=1S/C18H23N5O2/c1-25-17-3-2-16(12-20-17)22-18(24)21-15-6-10-23(11-7-15)13-14-4-8-19-9-5-14/h2-5,8-9,12,15H,6-7,10-11,13H2,1H3,(H2,21,22,24). The van der Waals surface area contributed by atoms with Crippen LogP contribution in [0.2, 0.25) is 0 Å². The van der Waals surface area contributed by atoms with Crippen molar-refractivity contribution in [3.63, 3.8) is 0 Å². The van der Waals surface area contributed by atoms with Crippen LogP contribution in [0.1, 0.15) is 18.4 Å². The van der Waals surface area contributed by atoms with Gasteiger partial charge < -0.3 is 15.4 Å². The van der Waals surface area contributed by atoms with Gasteiger partial charge in [-0.2, -0.15) is 0 Å². The summed E-state index contributed by atoms with van der Waals surface area (Å²) in [4.78, 5) is 22.6. The number of carbonyl (C=O) groups is 1. The maximum atomic E-state index is 12.1. The minimum Gasteiger partial charge on any atom is -0.481 e. The van der Waals surface area contributed by atoms with Gasteiger partial charge >= 0.3 is 6.03 Å². The van der Waals surface area contributed by atoms with Gasteiger partial charge in [0.2, 0.25) is 5.88 Å². The quantitative estimate of drug-likeness (QED) is 0.872. The van der Waals surface area contributed by atoms with Crippen molar-refractivity contribution in [1.29, 1.82) is 0 Å². The van der Waals surface area contributed by atoms with Gasteiger partial charge in [-0.05, 0) is 36.6 Å². The Bertz CT molecular complexity index is 670. The highest BCUT2D eigenvalue weighted by atomic mass is 16.5. The Morgan fingerprint density at radius 2 is 2.00 bits per heavy atom. The van der Waals surface area contributed by atoms with E-state index in [0.29, 0.717) is 11.6 Å². The molecule has 0 aromatic carbocycles. The summed E-state index contributed by atoms with van der Waals surface area (Å²) in [7, 11) is 1.56. The first-order valence-electron chi connectivity index (χ1n) is 8.42. The third-order valence-electron chi connectivity index (χ3n) is 4.28. The molecule has 2 aromatic rings. The summed E-state index contributed by atoms with van der Waals surface area (Å²) < 4.78 is 5.00. The maximum Gasteiger partial charge on any atom is 0.319 e. The number of methoxy groups -OCH3 is 1. The number of carbonyl (C=O) groups excluding carboxylic acids is 1. The summed E-state index contributed by atoms with van der Waals surface area (Å²) >= 11 is 0. The lowest BCUT2D eigenvalue weighted by molar-refractivity contribution is 0.190. The van der Waals surface area contributed by atoms with Crippen molar-refractivity contribution < 1.29 is 9.53 Å². The fourth-order valence-electron chi connectivity index (χ4n) is 2.91. The molecule has 0 atom stereocenters. The zero-order valence-corrected chi connectivity index (χ0v) is 14.3. The normalized spacial score (nSPS) is 15.6. The van der Waals surface area contributed by atoms with Crippen LogP contribution >= 0.6 is 0 Å². The molecular weight excluding hydrogens is 318 g/mol. The molecule has 0 saturated carbocycles. The predicted octanol–water partition coefficient (Wildman–Crippen LogP) is 2.27. The van der Waals surface area contributed by atoms with Crippen molar-refractivity contribution in [2.75, 3.05) is 25.5 Å². The first-order chi connectivity index (χ1) is 12.2. The zero-order chi connectivity index (χ0) is 17.5. The third-order valence-corrected chi connectivity index (χ3v) is 4.28. The average molecular weight is 341 g/mol. The Morgan fingerprint density at radius 3 is 2.64 bits per heavy atom. The SMILES string of the molecule is COc1ccc(NC(=O)NC2CCN(Cc3ccncc3)CC2)cn1. The van der Waals surface area contributed by atoms with Crippen LogP contribution in [0.3, 0.4) is 0 Å². The second-order valence-corrected chi connectivity index (χ2v) is 6.09. The van der Waals surface area contributed by atoms with Crippen LogP contribution < -0.4 is 15.4 Å². The van der Waals surface area contributed by atoms with Crippen LogP contribution in [-0.2, 0) is 6.54 Å². The number of aromatic nitrogens is 2. The third kappa shape index (κ3) is 5.15. The van der Waals surface area contributed by atoms with Gasteiger partial charge in [0.1, 0.15) is 0 Å². The lowest BCUT2D eigenvalue weighted by Crippen LogP contribution is -2.45. The fraction of sp³-hybridized carbons (Fsp3) is 0.389. The van der Waals surface area contributed by atoms with E-state index in [0.717, 1.165) is 32.5 Å². The molecule has 25 heavy (non-hydrogen) atoms. The van der Waals surface area contributed by atoms with Gasteiger partial charge in [0.25, 0.3) is 0 Å². The number of amides is 2. The number of urea groups is 1. The van der Waals surface area contributed by atoms with Crippen LogP contribution in [0.25, 0.3) is 0 Å². The number of likely N-dealkylation sites (tertiary alicyclic amines) is 1. The van der Waals surface area contributed by atoms with Crippen LogP contribution in [0.15, 0.2) is 42.9 Å². The van der Waals surface area contributed by atoms with E-state index in [9.17, 15) is 4.79 Å². The number of nitrogens with one attached hydrogen (secondary N) is 2. The number of anilines is 1. The molecule has 2 amide bonds. The Balaban J connectivity index is 1.41. The van der Waals surface area contributed by atoms with Gasteiger partial charge in [0.05, 0.1) is 19.0 Å². The number of hydrogen-bond donors (Lipinski definition) is 2.